The van der Waals surface area contributed by atoms with Gasteiger partial charge >= 0.3 is 0 Å². The molecule has 3 rings (SSSR count). The highest BCUT2D eigenvalue weighted by Crippen LogP contribution is 2.33. The van der Waals surface area contributed by atoms with Crippen molar-refractivity contribution in [3.8, 4) is 17.4 Å². The van der Waals surface area contributed by atoms with E-state index in [1.165, 1.54) is 29.9 Å². The minimum absolute atomic E-state index is 0.00668. The SMILES string of the molecule is CCN(c1ncnc(OCCO)c1Cc1ccccc1OC)S(=O)(=O)c1ccc(OC)cc1. The molecule has 1 aromatic heterocycles. The Labute approximate surface area is 193 Å². The molecule has 0 unspecified atom stereocenters. The van der Waals surface area contributed by atoms with Crippen LogP contribution in [-0.4, -0.2) is 57.5 Å². The predicted molar refractivity (Wildman–Crippen MR) is 124 cm³/mol. The van der Waals surface area contributed by atoms with Crippen LogP contribution >= 0.6 is 0 Å². The topological polar surface area (TPSA) is 111 Å². The van der Waals surface area contributed by atoms with Gasteiger partial charge in [-0.15, -0.1) is 0 Å². The average Bonchev–Trinajstić information content (AvgIpc) is 2.84. The lowest BCUT2D eigenvalue weighted by Gasteiger charge is -2.25. The number of benzene rings is 2. The first-order valence-corrected chi connectivity index (χ1v) is 11.8. The second kappa shape index (κ2) is 11.0. The van der Waals surface area contributed by atoms with Crippen molar-refractivity contribution in [1.82, 2.24) is 9.97 Å². The predicted octanol–water partition coefficient (Wildman–Crippen LogP) is 2.67. The molecule has 176 valence electrons. The summed E-state index contributed by atoms with van der Waals surface area (Å²) in [7, 11) is -0.865. The van der Waals surface area contributed by atoms with Gasteiger partial charge in [0.1, 0.15) is 24.4 Å². The van der Waals surface area contributed by atoms with Crippen molar-refractivity contribution in [2.24, 2.45) is 0 Å². The summed E-state index contributed by atoms with van der Waals surface area (Å²) in [5.74, 6) is 1.59. The summed E-state index contributed by atoms with van der Waals surface area (Å²) in [6, 6.07) is 13.6. The first-order chi connectivity index (χ1) is 16.0. The monoisotopic (exact) mass is 473 g/mol. The molecule has 0 aliphatic carbocycles. The van der Waals surface area contributed by atoms with Crippen LogP contribution in [0.2, 0.25) is 0 Å². The van der Waals surface area contributed by atoms with E-state index in [2.05, 4.69) is 9.97 Å². The Morgan fingerprint density at radius 3 is 2.36 bits per heavy atom. The van der Waals surface area contributed by atoms with Crippen LogP contribution in [0.3, 0.4) is 0 Å². The molecule has 0 saturated carbocycles. The van der Waals surface area contributed by atoms with Gasteiger partial charge in [0, 0.05) is 13.0 Å². The number of hydrogen-bond acceptors (Lipinski definition) is 8. The van der Waals surface area contributed by atoms with E-state index in [0.717, 1.165) is 5.56 Å². The van der Waals surface area contributed by atoms with Gasteiger partial charge < -0.3 is 19.3 Å². The molecule has 9 nitrogen and oxygen atoms in total. The Morgan fingerprint density at radius 1 is 1.00 bits per heavy atom. The Morgan fingerprint density at radius 2 is 1.73 bits per heavy atom. The van der Waals surface area contributed by atoms with E-state index in [9.17, 15) is 13.5 Å². The summed E-state index contributed by atoms with van der Waals surface area (Å²) in [6.45, 7) is 1.65. The van der Waals surface area contributed by atoms with E-state index < -0.39 is 10.0 Å². The highest BCUT2D eigenvalue weighted by atomic mass is 32.2. The summed E-state index contributed by atoms with van der Waals surface area (Å²) in [5, 5.41) is 9.23. The zero-order valence-electron chi connectivity index (χ0n) is 18.8. The Kier molecular flexibility index (Phi) is 8.07. The molecule has 0 amide bonds. The molecule has 0 aliphatic heterocycles. The largest absolute Gasteiger partial charge is 0.497 e. The molecule has 0 bridgehead atoms. The third-order valence-corrected chi connectivity index (χ3v) is 6.82. The third-order valence-electron chi connectivity index (χ3n) is 4.94. The molecule has 0 fully saturated rings. The molecule has 0 atom stereocenters. The van der Waals surface area contributed by atoms with Crippen molar-refractivity contribution >= 4 is 15.8 Å². The number of methoxy groups -OCH3 is 2. The Balaban J connectivity index is 2.12. The average molecular weight is 474 g/mol. The van der Waals surface area contributed by atoms with Gasteiger partial charge in [0.15, 0.2) is 5.82 Å². The summed E-state index contributed by atoms with van der Waals surface area (Å²) in [4.78, 5) is 8.62. The number of rotatable bonds is 11. The first kappa shape index (κ1) is 24.3. The van der Waals surface area contributed by atoms with Crippen LogP contribution in [0.4, 0.5) is 5.82 Å². The van der Waals surface area contributed by atoms with Crippen LogP contribution in [0.15, 0.2) is 59.8 Å². The fraction of sp³-hybridized carbons (Fsp3) is 0.304. The molecule has 1 heterocycles. The number of sulfonamides is 1. The Hall–Kier alpha value is -3.37. The maximum atomic E-state index is 13.5. The molecule has 0 aliphatic rings. The molecular formula is C23H27N3O6S. The van der Waals surface area contributed by atoms with Gasteiger partial charge in [-0.1, -0.05) is 18.2 Å². The smallest absolute Gasteiger partial charge is 0.265 e. The van der Waals surface area contributed by atoms with Crippen LogP contribution in [0.5, 0.6) is 17.4 Å². The maximum absolute atomic E-state index is 13.5. The third kappa shape index (κ3) is 5.35. The highest BCUT2D eigenvalue weighted by molar-refractivity contribution is 7.92. The maximum Gasteiger partial charge on any atom is 0.265 e. The van der Waals surface area contributed by atoms with Crippen molar-refractivity contribution in [1.29, 1.82) is 0 Å². The van der Waals surface area contributed by atoms with Crippen molar-refractivity contribution in [2.75, 3.05) is 38.3 Å². The number of hydrogen-bond donors (Lipinski definition) is 1. The lowest BCUT2D eigenvalue weighted by Crippen LogP contribution is -2.32. The lowest BCUT2D eigenvalue weighted by molar-refractivity contribution is 0.195. The fourth-order valence-electron chi connectivity index (χ4n) is 3.37. The number of anilines is 1. The molecule has 0 spiro atoms. The van der Waals surface area contributed by atoms with Crippen molar-refractivity contribution < 1.29 is 27.7 Å². The van der Waals surface area contributed by atoms with E-state index in [0.29, 0.717) is 17.1 Å². The van der Waals surface area contributed by atoms with Gasteiger partial charge in [-0.05, 0) is 42.8 Å². The van der Waals surface area contributed by atoms with Crippen molar-refractivity contribution in [3.05, 3.63) is 66.0 Å². The standard InChI is InChI=1S/C23H27N3O6S/c1-4-26(33(28,29)19-11-9-18(30-2)10-12-19)22-20(23(25-16-24-22)32-14-13-27)15-17-7-5-6-8-21(17)31-3/h5-12,16,27H,4,13-15H2,1-3H3. The second-order valence-electron chi connectivity index (χ2n) is 6.89. The van der Waals surface area contributed by atoms with E-state index in [4.69, 9.17) is 14.2 Å². The molecule has 33 heavy (non-hydrogen) atoms. The van der Waals surface area contributed by atoms with E-state index in [1.54, 1.807) is 26.2 Å². The summed E-state index contributed by atoms with van der Waals surface area (Å²) in [6.07, 6.45) is 1.51. The van der Waals surface area contributed by atoms with Crippen molar-refractivity contribution in [3.63, 3.8) is 0 Å². The van der Waals surface area contributed by atoms with Crippen LogP contribution in [0.25, 0.3) is 0 Å². The minimum atomic E-state index is -3.95. The molecule has 1 N–H and O–H groups in total. The Bertz CT molecular complexity index is 1170. The zero-order chi connectivity index (χ0) is 23.8. The van der Waals surface area contributed by atoms with Gasteiger partial charge in [-0.3, -0.25) is 0 Å². The molecule has 10 heteroatoms. The van der Waals surface area contributed by atoms with Crippen LogP contribution in [0.1, 0.15) is 18.1 Å². The van der Waals surface area contributed by atoms with Crippen LogP contribution < -0.4 is 18.5 Å². The summed E-state index contributed by atoms with van der Waals surface area (Å²) < 4.78 is 44.5. The normalized spacial score (nSPS) is 11.2. The molecule has 0 saturated heterocycles. The number of nitrogens with zero attached hydrogens (tertiary/aromatic N) is 3. The van der Waals surface area contributed by atoms with Gasteiger partial charge in [0.05, 0.1) is 31.3 Å². The quantitative estimate of drug-likeness (QED) is 0.453. The van der Waals surface area contributed by atoms with Gasteiger partial charge in [0.2, 0.25) is 5.88 Å². The number of ether oxygens (including phenoxy) is 3. The number of para-hydroxylation sites is 1. The fourth-order valence-corrected chi connectivity index (χ4v) is 4.83. The van der Waals surface area contributed by atoms with Gasteiger partial charge in [-0.2, -0.15) is 0 Å². The number of aliphatic hydroxyl groups excluding tert-OH is 1. The summed E-state index contributed by atoms with van der Waals surface area (Å²) in [5.41, 5.74) is 1.28. The van der Waals surface area contributed by atoms with Gasteiger partial charge in [-0.25, -0.2) is 22.7 Å². The van der Waals surface area contributed by atoms with Gasteiger partial charge in [0.25, 0.3) is 10.0 Å². The van der Waals surface area contributed by atoms with Crippen molar-refractivity contribution in [2.45, 2.75) is 18.2 Å². The lowest BCUT2D eigenvalue weighted by atomic mass is 10.1. The zero-order valence-corrected chi connectivity index (χ0v) is 19.6. The summed E-state index contributed by atoms with van der Waals surface area (Å²) >= 11 is 0. The highest BCUT2D eigenvalue weighted by Gasteiger charge is 2.29. The molecule has 2 aromatic carbocycles. The van der Waals surface area contributed by atoms with E-state index in [1.807, 2.05) is 24.3 Å². The van der Waals surface area contributed by atoms with Crippen LogP contribution in [-0.2, 0) is 16.4 Å². The van der Waals surface area contributed by atoms with Crippen LogP contribution in [0, 0.1) is 0 Å². The van der Waals surface area contributed by atoms with E-state index in [-0.39, 0.29) is 42.8 Å². The first-order valence-electron chi connectivity index (χ1n) is 10.3. The second-order valence-corrected chi connectivity index (χ2v) is 8.75. The van der Waals surface area contributed by atoms with E-state index >= 15 is 0 Å². The molecule has 0 radical (unpaired) electrons. The number of aliphatic hydroxyl groups is 1. The minimum Gasteiger partial charge on any atom is -0.497 e. The molecule has 3 aromatic rings. The number of aromatic nitrogens is 2. The molecular weight excluding hydrogens is 446 g/mol.